The number of aromatic nitrogens is 2. The van der Waals surface area contributed by atoms with Crippen LogP contribution in [-0.2, 0) is 16.1 Å². The molecule has 1 aromatic heterocycles. The fourth-order valence-electron chi connectivity index (χ4n) is 0.702. The molecule has 1 aromatic rings. The van der Waals surface area contributed by atoms with Crippen LogP contribution in [0.25, 0.3) is 0 Å². The zero-order valence-electron chi connectivity index (χ0n) is 7.31. The average molecular weight is 224 g/mol. The highest BCUT2D eigenvalue weighted by Gasteiger charge is 2.16. The summed E-state index contributed by atoms with van der Waals surface area (Å²) in [6, 6.07) is 0. The van der Waals surface area contributed by atoms with Gasteiger partial charge in [0.05, 0.1) is 12.1 Å². The van der Waals surface area contributed by atoms with Crippen LogP contribution >= 0.6 is 11.6 Å². The molecule has 0 aliphatic heterocycles. The van der Waals surface area contributed by atoms with E-state index in [-0.39, 0.29) is 5.88 Å². The lowest BCUT2D eigenvalue weighted by Gasteiger charge is -2.09. The molecule has 0 aromatic carbocycles. The minimum Gasteiger partial charge on any atom is -0.189 e. The molecule has 0 saturated heterocycles. The summed E-state index contributed by atoms with van der Waals surface area (Å²) in [5, 5.41) is 3.68. The molecule has 0 spiro atoms. The van der Waals surface area contributed by atoms with Crippen LogP contribution in [0.15, 0.2) is 12.4 Å². The molecule has 0 aliphatic carbocycles. The number of nitrogens with zero attached hydrogens (tertiary/aromatic N) is 3. The Hall–Kier alpha value is -0.590. The molecular formula is C6H10ClN3O2S. The van der Waals surface area contributed by atoms with Gasteiger partial charge in [0, 0.05) is 25.9 Å². The highest BCUT2D eigenvalue weighted by molar-refractivity contribution is 7.87. The lowest BCUT2D eigenvalue weighted by molar-refractivity contribution is 0.504. The van der Waals surface area contributed by atoms with Crippen molar-refractivity contribution in [2.75, 3.05) is 14.1 Å². The maximum Gasteiger partial charge on any atom is 0.322 e. The van der Waals surface area contributed by atoms with E-state index in [1.807, 2.05) is 0 Å². The molecule has 0 aliphatic rings. The third-order valence-corrected chi connectivity index (χ3v) is 3.37. The van der Waals surface area contributed by atoms with E-state index in [1.54, 1.807) is 0 Å². The smallest absolute Gasteiger partial charge is 0.189 e. The molecule has 0 N–H and O–H groups in total. The van der Waals surface area contributed by atoms with E-state index in [0.717, 1.165) is 8.39 Å². The minimum absolute atomic E-state index is 0.253. The van der Waals surface area contributed by atoms with Gasteiger partial charge in [0.15, 0.2) is 0 Å². The first-order chi connectivity index (χ1) is 5.98. The third kappa shape index (κ3) is 2.01. The predicted molar refractivity (Wildman–Crippen MR) is 49.8 cm³/mol. The van der Waals surface area contributed by atoms with Gasteiger partial charge >= 0.3 is 10.2 Å². The summed E-state index contributed by atoms with van der Waals surface area (Å²) in [4.78, 5) is 0. The summed E-state index contributed by atoms with van der Waals surface area (Å²) < 4.78 is 24.9. The monoisotopic (exact) mass is 223 g/mol. The average Bonchev–Trinajstić information content (AvgIpc) is 2.51. The van der Waals surface area contributed by atoms with Gasteiger partial charge in [-0.1, -0.05) is 0 Å². The van der Waals surface area contributed by atoms with E-state index in [1.165, 1.54) is 26.5 Å². The molecule has 1 rings (SSSR count). The number of halogens is 1. The van der Waals surface area contributed by atoms with E-state index in [0.29, 0.717) is 5.56 Å². The Morgan fingerprint density at radius 1 is 1.62 bits per heavy atom. The maximum absolute atomic E-state index is 11.4. The van der Waals surface area contributed by atoms with Crippen LogP contribution in [0.2, 0.25) is 0 Å². The largest absolute Gasteiger partial charge is 0.322 e. The molecule has 0 fully saturated rings. The lowest BCUT2D eigenvalue weighted by atomic mass is 10.4. The zero-order chi connectivity index (χ0) is 10.1. The minimum atomic E-state index is -3.49. The fraction of sp³-hybridized carbons (Fsp3) is 0.500. The predicted octanol–water partition coefficient (Wildman–Crippen LogP) is 0.276. The molecule has 1 heterocycles. The summed E-state index contributed by atoms with van der Waals surface area (Å²) in [5.41, 5.74) is 0.673. The van der Waals surface area contributed by atoms with Crippen molar-refractivity contribution in [3.63, 3.8) is 0 Å². The second-order valence-electron chi connectivity index (χ2n) is 2.64. The molecule has 0 unspecified atom stereocenters. The number of hydrogen-bond acceptors (Lipinski definition) is 3. The van der Waals surface area contributed by atoms with Crippen LogP contribution in [0.3, 0.4) is 0 Å². The molecule has 0 atom stereocenters. The van der Waals surface area contributed by atoms with E-state index >= 15 is 0 Å². The fourth-order valence-corrected chi connectivity index (χ4v) is 1.61. The standard InChI is InChI=1S/C6H10ClN3O2S/c1-9(2)13(11,12)10-5-6(3-7)4-8-10/h4-5H,3H2,1-2H3. The Bertz CT molecular complexity index is 384. The first-order valence-electron chi connectivity index (χ1n) is 3.51. The van der Waals surface area contributed by atoms with E-state index < -0.39 is 10.2 Å². The third-order valence-electron chi connectivity index (χ3n) is 1.47. The quantitative estimate of drug-likeness (QED) is 0.692. The lowest BCUT2D eigenvalue weighted by Crippen LogP contribution is -2.29. The molecule has 0 radical (unpaired) electrons. The second kappa shape index (κ2) is 3.65. The van der Waals surface area contributed by atoms with Gasteiger partial charge in [-0.25, -0.2) is 0 Å². The highest BCUT2D eigenvalue weighted by atomic mass is 35.5. The Balaban J connectivity index is 3.09. The van der Waals surface area contributed by atoms with Gasteiger partial charge in [0.25, 0.3) is 0 Å². The molecule has 74 valence electrons. The van der Waals surface area contributed by atoms with Crippen molar-refractivity contribution in [2.24, 2.45) is 0 Å². The molecular weight excluding hydrogens is 214 g/mol. The Morgan fingerprint density at radius 3 is 2.62 bits per heavy atom. The van der Waals surface area contributed by atoms with E-state index in [4.69, 9.17) is 11.6 Å². The van der Waals surface area contributed by atoms with Crippen molar-refractivity contribution in [2.45, 2.75) is 5.88 Å². The normalized spacial score (nSPS) is 12.3. The highest BCUT2D eigenvalue weighted by Crippen LogP contribution is 2.05. The van der Waals surface area contributed by atoms with Crippen molar-refractivity contribution in [3.8, 4) is 0 Å². The second-order valence-corrected chi connectivity index (χ2v) is 4.91. The van der Waals surface area contributed by atoms with Gasteiger partial charge in [-0.3, -0.25) is 0 Å². The van der Waals surface area contributed by atoms with Crippen molar-refractivity contribution in [1.29, 1.82) is 0 Å². The zero-order valence-corrected chi connectivity index (χ0v) is 8.88. The molecule has 13 heavy (non-hydrogen) atoms. The Kier molecular flexibility index (Phi) is 2.94. The van der Waals surface area contributed by atoms with Gasteiger partial charge in [-0.05, 0) is 0 Å². The van der Waals surface area contributed by atoms with Crippen LogP contribution in [0.1, 0.15) is 5.56 Å². The molecule has 5 nitrogen and oxygen atoms in total. The van der Waals surface area contributed by atoms with Crippen LogP contribution in [0, 0.1) is 0 Å². The van der Waals surface area contributed by atoms with Gasteiger partial charge in [-0.15, -0.1) is 11.6 Å². The maximum atomic E-state index is 11.4. The first kappa shape index (κ1) is 10.5. The number of rotatable bonds is 3. The summed E-state index contributed by atoms with van der Waals surface area (Å²) in [6.45, 7) is 0. The molecule has 0 bridgehead atoms. The van der Waals surface area contributed by atoms with Crippen molar-refractivity contribution in [3.05, 3.63) is 18.0 Å². The van der Waals surface area contributed by atoms with Gasteiger partial charge < -0.3 is 0 Å². The van der Waals surface area contributed by atoms with Crippen molar-refractivity contribution < 1.29 is 8.42 Å². The van der Waals surface area contributed by atoms with E-state index in [2.05, 4.69) is 5.10 Å². The van der Waals surface area contributed by atoms with Gasteiger partial charge in [0.2, 0.25) is 0 Å². The molecule has 0 saturated carbocycles. The first-order valence-corrected chi connectivity index (χ1v) is 5.44. The summed E-state index contributed by atoms with van der Waals surface area (Å²) in [7, 11) is -0.602. The number of hydrogen-bond donors (Lipinski definition) is 0. The van der Waals surface area contributed by atoms with Crippen LogP contribution in [0.5, 0.6) is 0 Å². The summed E-state index contributed by atoms with van der Waals surface area (Å²) in [5.74, 6) is 0.253. The number of alkyl halides is 1. The van der Waals surface area contributed by atoms with Crippen LogP contribution in [0.4, 0.5) is 0 Å². The van der Waals surface area contributed by atoms with Crippen LogP contribution in [-0.4, -0.2) is 36.0 Å². The molecule has 7 heteroatoms. The summed E-state index contributed by atoms with van der Waals surface area (Å²) >= 11 is 5.51. The van der Waals surface area contributed by atoms with Crippen LogP contribution < -0.4 is 0 Å². The van der Waals surface area contributed by atoms with Crippen molar-refractivity contribution >= 4 is 21.8 Å². The molecule has 0 amide bonds. The topological polar surface area (TPSA) is 55.2 Å². The summed E-state index contributed by atoms with van der Waals surface area (Å²) in [6.07, 6.45) is 2.82. The SMILES string of the molecule is CN(C)S(=O)(=O)n1cc(CCl)cn1. The van der Waals surface area contributed by atoms with Gasteiger partial charge in [0.1, 0.15) is 0 Å². The van der Waals surface area contributed by atoms with E-state index in [9.17, 15) is 8.42 Å². The van der Waals surface area contributed by atoms with Crippen molar-refractivity contribution in [1.82, 2.24) is 13.5 Å². The Labute approximate surface area is 82.1 Å². The Morgan fingerprint density at radius 2 is 2.23 bits per heavy atom. The van der Waals surface area contributed by atoms with Gasteiger partial charge in [-0.2, -0.15) is 21.9 Å².